The summed E-state index contributed by atoms with van der Waals surface area (Å²) in [4.78, 5) is 21.4. The first-order valence-corrected chi connectivity index (χ1v) is 5.07. The number of hydrogen-bond acceptors (Lipinski definition) is 5. The van der Waals surface area contributed by atoms with E-state index in [1.807, 2.05) is 0 Å². The summed E-state index contributed by atoms with van der Waals surface area (Å²) in [6, 6.07) is 7.74. The van der Waals surface area contributed by atoms with Crippen molar-refractivity contribution in [3.05, 3.63) is 46.0 Å². The van der Waals surface area contributed by atoms with Gasteiger partial charge >= 0.3 is 5.97 Å². The molecule has 6 nitrogen and oxygen atoms in total. The highest BCUT2D eigenvalue weighted by molar-refractivity contribution is 5.81. The molecule has 0 spiro atoms. The molecule has 6 heteroatoms. The molecule has 0 amide bonds. The minimum absolute atomic E-state index is 0.0473. The van der Waals surface area contributed by atoms with Gasteiger partial charge in [-0.15, -0.1) is 0 Å². The zero-order valence-electron chi connectivity index (χ0n) is 9.33. The highest BCUT2D eigenvalue weighted by atomic mass is 16.6. The summed E-state index contributed by atoms with van der Waals surface area (Å²) in [5.41, 5.74) is -2.09. The van der Waals surface area contributed by atoms with Crippen LogP contribution in [-0.2, 0) is 15.1 Å². The molecule has 0 aliphatic carbocycles. The molecular formula is C11H13NO5. The minimum Gasteiger partial charge on any atom is -0.463 e. The van der Waals surface area contributed by atoms with Gasteiger partial charge in [-0.25, -0.2) is 4.79 Å². The molecule has 0 bridgehead atoms. The highest BCUT2D eigenvalue weighted by Crippen LogP contribution is 2.23. The van der Waals surface area contributed by atoms with E-state index in [-0.39, 0.29) is 12.2 Å². The van der Waals surface area contributed by atoms with Gasteiger partial charge in [-0.3, -0.25) is 10.1 Å². The van der Waals surface area contributed by atoms with Crippen LogP contribution in [0, 0.1) is 10.1 Å². The number of carbonyl (C=O) groups excluding carboxylic acids is 1. The van der Waals surface area contributed by atoms with E-state index in [2.05, 4.69) is 4.74 Å². The van der Waals surface area contributed by atoms with Gasteiger partial charge in [0, 0.05) is 10.5 Å². The normalized spacial score (nSPS) is 13.8. The predicted octanol–water partition coefficient (Wildman–Crippen LogP) is 0.714. The molecule has 0 saturated carbocycles. The second kappa shape index (κ2) is 5.40. The van der Waals surface area contributed by atoms with Crippen LogP contribution in [0.2, 0.25) is 0 Å². The maximum absolute atomic E-state index is 11.6. The van der Waals surface area contributed by atoms with E-state index in [0.717, 1.165) is 0 Å². The lowest BCUT2D eigenvalue weighted by Gasteiger charge is -2.21. The number of aliphatic hydroxyl groups is 1. The fourth-order valence-corrected chi connectivity index (χ4v) is 1.42. The van der Waals surface area contributed by atoms with Gasteiger partial charge in [0.25, 0.3) is 5.60 Å². The van der Waals surface area contributed by atoms with Crippen molar-refractivity contribution in [1.82, 2.24) is 0 Å². The maximum Gasteiger partial charge on any atom is 0.349 e. The van der Waals surface area contributed by atoms with Gasteiger partial charge < -0.3 is 9.84 Å². The molecule has 0 aliphatic heterocycles. The molecular weight excluding hydrogens is 226 g/mol. The number of rotatable bonds is 5. The standard InChI is InChI=1S/C11H13NO5/c1-2-17-10(13)11(14,8-12(15)16)9-6-4-3-5-7-9/h3-7,14H,2,8H2,1H3/t11-/m0/s1. The van der Waals surface area contributed by atoms with Gasteiger partial charge in [-0.05, 0) is 6.92 Å². The molecule has 1 aromatic rings. The summed E-state index contributed by atoms with van der Waals surface area (Å²) in [7, 11) is 0. The number of carbonyl (C=O) groups is 1. The Kier molecular flexibility index (Phi) is 4.17. The first-order valence-electron chi connectivity index (χ1n) is 5.07. The van der Waals surface area contributed by atoms with E-state index in [0.29, 0.717) is 0 Å². The van der Waals surface area contributed by atoms with Crippen molar-refractivity contribution in [2.75, 3.05) is 13.2 Å². The smallest absolute Gasteiger partial charge is 0.349 e. The molecule has 1 atom stereocenters. The van der Waals surface area contributed by atoms with Crippen molar-refractivity contribution < 1.29 is 19.6 Å². The third-order valence-corrected chi connectivity index (χ3v) is 2.22. The number of nitrogens with zero attached hydrogens (tertiary/aromatic N) is 1. The van der Waals surface area contributed by atoms with Crippen LogP contribution in [0.15, 0.2) is 30.3 Å². The average Bonchev–Trinajstić information content (AvgIpc) is 2.29. The molecule has 0 heterocycles. The molecule has 0 aromatic heterocycles. The third-order valence-electron chi connectivity index (χ3n) is 2.22. The Morgan fingerprint density at radius 3 is 2.53 bits per heavy atom. The van der Waals surface area contributed by atoms with E-state index in [9.17, 15) is 20.0 Å². The molecule has 0 saturated heterocycles. The van der Waals surface area contributed by atoms with Gasteiger partial charge in [0.1, 0.15) is 0 Å². The Bertz CT molecular complexity index is 406. The Morgan fingerprint density at radius 2 is 2.06 bits per heavy atom. The molecule has 1 aromatic carbocycles. The number of ether oxygens (including phenoxy) is 1. The topological polar surface area (TPSA) is 89.7 Å². The van der Waals surface area contributed by atoms with E-state index >= 15 is 0 Å². The Labute approximate surface area is 98.0 Å². The van der Waals surface area contributed by atoms with Crippen LogP contribution in [0.25, 0.3) is 0 Å². The molecule has 1 rings (SSSR count). The molecule has 17 heavy (non-hydrogen) atoms. The zero-order valence-corrected chi connectivity index (χ0v) is 9.33. The van der Waals surface area contributed by atoms with Crippen LogP contribution < -0.4 is 0 Å². The third kappa shape index (κ3) is 3.01. The van der Waals surface area contributed by atoms with Gasteiger partial charge in [-0.2, -0.15) is 0 Å². The fraction of sp³-hybridized carbons (Fsp3) is 0.364. The Balaban J connectivity index is 3.10. The van der Waals surface area contributed by atoms with Crippen molar-refractivity contribution in [3.63, 3.8) is 0 Å². The molecule has 0 aliphatic rings. The van der Waals surface area contributed by atoms with E-state index in [4.69, 9.17) is 0 Å². The second-order valence-electron chi connectivity index (χ2n) is 3.44. The van der Waals surface area contributed by atoms with Crippen LogP contribution in [0.4, 0.5) is 0 Å². The summed E-state index contributed by atoms with van der Waals surface area (Å²) in [6.45, 7) is 0.691. The zero-order chi connectivity index (χ0) is 12.9. The van der Waals surface area contributed by atoms with Gasteiger partial charge in [-0.1, -0.05) is 30.3 Å². The molecule has 0 fully saturated rings. The van der Waals surface area contributed by atoms with Crippen LogP contribution in [-0.4, -0.2) is 29.2 Å². The van der Waals surface area contributed by atoms with Gasteiger partial charge in [0.2, 0.25) is 6.54 Å². The summed E-state index contributed by atoms with van der Waals surface area (Å²) in [5, 5.41) is 20.7. The summed E-state index contributed by atoms with van der Waals surface area (Å²) < 4.78 is 4.67. The lowest BCUT2D eigenvalue weighted by molar-refractivity contribution is -0.499. The Morgan fingerprint density at radius 1 is 1.47 bits per heavy atom. The largest absolute Gasteiger partial charge is 0.463 e. The SMILES string of the molecule is CCOC(=O)[C@](O)(C[N+](=O)[O-])c1ccccc1. The van der Waals surface area contributed by atoms with E-state index < -0.39 is 23.0 Å². The summed E-state index contributed by atoms with van der Waals surface area (Å²) >= 11 is 0. The number of nitro groups is 1. The van der Waals surface area contributed by atoms with Crippen molar-refractivity contribution >= 4 is 5.97 Å². The fourth-order valence-electron chi connectivity index (χ4n) is 1.42. The van der Waals surface area contributed by atoms with Crippen LogP contribution >= 0.6 is 0 Å². The summed E-state index contributed by atoms with van der Waals surface area (Å²) in [5.74, 6) is -1.01. The minimum atomic E-state index is -2.24. The number of benzene rings is 1. The molecule has 0 radical (unpaired) electrons. The van der Waals surface area contributed by atoms with Crippen LogP contribution in [0.5, 0.6) is 0 Å². The monoisotopic (exact) mass is 239 g/mol. The van der Waals surface area contributed by atoms with Crippen LogP contribution in [0.3, 0.4) is 0 Å². The van der Waals surface area contributed by atoms with E-state index in [1.54, 1.807) is 25.1 Å². The quantitative estimate of drug-likeness (QED) is 0.464. The van der Waals surface area contributed by atoms with Crippen molar-refractivity contribution in [2.45, 2.75) is 12.5 Å². The van der Waals surface area contributed by atoms with Crippen molar-refractivity contribution in [1.29, 1.82) is 0 Å². The molecule has 92 valence electrons. The maximum atomic E-state index is 11.6. The summed E-state index contributed by atoms with van der Waals surface area (Å²) in [6.07, 6.45) is 0. The van der Waals surface area contributed by atoms with Crippen LogP contribution in [0.1, 0.15) is 12.5 Å². The average molecular weight is 239 g/mol. The Hall–Kier alpha value is -1.95. The van der Waals surface area contributed by atoms with Crippen molar-refractivity contribution in [2.24, 2.45) is 0 Å². The molecule has 1 N–H and O–H groups in total. The number of esters is 1. The first-order chi connectivity index (χ1) is 8.00. The predicted molar refractivity (Wildman–Crippen MR) is 58.8 cm³/mol. The van der Waals surface area contributed by atoms with Gasteiger partial charge in [0.15, 0.2) is 0 Å². The number of hydrogen-bond donors (Lipinski definition) is 1. The lowest BCUT2D eigenvalue weighted by atomic mass is 9.94. The van der Waals surface area contributed by atoms with Gasteiger partial charge in [0.05, 0.1) is 6.61 Å². The highest BCUT2D eigenvalue weighted by Gasteiger charge is 2.44. The molecule has 0 unspecified atom stereocenters. The lowest BCUT2D eigenvalue weighted by Crippen LogP contribution is -2.43. The second-order valence-corrected chi connectivity index (χ2v) is 3.44. The first kappa shape index (κ1) is 13.1. The van der Waals surface area contributed by atoms with Crippen molar-refractivity contribution in [3.8, 4) is 0 Å². The van der Waals surface area contributed by atoms with E-state index in [1.165, 1.54) is 12.1 Å².